The summed E-state index contributed by atoms with van der Waals surface area (Å²) < 4.78 is 0. The predicted molar refractivity (Wildman–Crippen MR) is 114 cm³/mol. The van der Waals surface area contributed by atoms with Crippen LogP contribution in [0, 0.1) is 6.92 Å². The molecule has 0 amide bonds. The Labute approximate surface area is 168 Å². The molecule has 0 aliphatic carbocycles. The summed E-state index contributed by atoms with van der Waals surface area (Å²) in [6.45, 7) is 9.88. The van der Waals surface area contributed by atoms with Crippen molar-refractivity contribution in [3.05, 3.63) is 102 Å². The van der Waals surface area contributed by atoms with Crippen molar-refractivity contribution in [2.75, 3.05) is 0 Å². The van der Waals surface area contributed by atoms with Gasteiger partial charge in [-0.3, -0.25) is 0 Å². The number of aryl methyl sites for hydroxylation is 1. The molecule has 3 rings (SSSR count). The molecule has 0 heterocycles. The van der Waals surface area contributed by atoms with Crippen LogP contribution in [0.5, 0.6) is 5.75 Å². The van der Waals surface area contributed by atoms with Gasteiger partial charge in [0.2, 0.25) is 0 Å². The van der Waals surface area contributed by atoms with Gasteiger partial charge in [0.1, 0.15) is 17.0 Å². The molecule has 0 aromatic heterocycles. The van der Waals surface area contributed by atoms with Gasteiger partial charge in [-0.2, -0.15) is 0 Å². The van der Waals surface area contributed by atoms with Crippen LogP contribution < -0.4 is 0 Å². The first-order chi connectivity index (χ1) is 13.2. The largest absolute Gasteiger partial charge is 0.508 e. The number of rotatable bonds is 5. The fourth-order valence-corrected chi connectivity index (χ4v) is 2.55. The molecule has 3 heteroatoms. The van der Waals surface area contributed by atoms with Gasteiger partial charge in [-0.15, -0.1) is 0 Å². The molecule has 0 bridgehead atoms. The third-order valence-electron chi connectivity index (χ3n) is 4.51. The highest BCUT2D eigenvalue weighted by Gasteiger charge is 2.29. The van der Waals surface area contributed by atoms with Crippen LogP contribution in [0.3, 0.4) is 0 Å². The minimum Gasteiger partial charge on any atom is -0.508 e. The van der Waals surface area contributed by atoms with E-state index in [9.17, 15) is 0 Å². The molecule has 3 aromatic rings. The van der Waals surface area contributed by atoms with Crippen LogP contribution in [0.4, 0.5) is 0 Å². The van der Waals surface area contributed by atoms with Crippen molar-refractivity contribution in [2.45, 2.75) is 45.8 Å². The third kappa shape index (κ3) is 6.22. The molecule has 28 heavy (non-hydrogen) atoms. The highest BCUT2D eigenvalue weighted by atomic mass is 17.2. The maximum Gasteiger partial charge on any atom is 0.123 e. The van der Waals surface area contributed by atoms with E-state index in [0.717, 1.165) is 16.7 Å². The maximum atomic E-state index is 8.92. The van der Waals surface area contributed by atoms with Crippen LogP contribution in [0.25, 0.3) is 0 Å². The number of para-hydroxylation sites is 1. The molecule has 148 valence electrons. The minimum absolute atomic E-state index is 0.368. The lowest BCUT2D eigenvalue weighted by Crippen LogP contribution is -2.29. The van der Waals surface area contributed by atoms with E-state index in [1.165, 1.54) is 0 Å². The second-order valence-electron chi connectivity index (χ2n) is 7.71. The Morgan fingerprint density at radius 1 is 0.571 bits per heavy atom. The Bertz CT molecular complexity index is 767. The van der Waals surface area contributed by atoms with Crippen molar-refractivity contribution >= 4 is 0 Å². The molecule has 3 nitrogen and oxygen atoms in total. The number of benzene rings is 3. The number of hydrogen-bond acceptors (Lipinski definition) is 3. The molecule has 1 N–H and O–H groups in total. The Balaban J connectivity index is 0.000000292. The second-order valence-corrected chi connectivity index (χ2v) is 7.71. The summed E-state index contributed by atoms with van der Waals surface area (Å²) in [4.78, 5) is 11.5. The average molecular weight is 379 g/mol. The smallest absolute Gasteiger partial charge is 0.123 e. The normalized spacial score (nSPS) is 11.5. The van der Waals surface area contributed by atoms with Gasteiger partial charge >= 0.3 is 0 Å². The van der Waals surface area contributed by atoms with Gasteiger partial charge in [0.15, 0.2) is 0 Å². The number of aromatic hydroxyl groups is 1. The van der Waals surface area contributed by atoms with Crippen molar-refractivity contribution < 1.29 is 14.9 Å². The highest BCUT2D eigenvalue weighted by Crippen LogP contribution is 2.31. The van der Waals surface area contributed by atoms with Gasteiger partial charge < -0.3 is 5.11 Å². The van der Waals surface area contributed by atoms with Crippen molar-refractivity contribution in [1.29, 1.82) is 0 Å². The van der Waals surface area contributed by atoms with E-state index in [2.05, 4.69) is 0 Å². The molecule has 0 saturated carbocycles. The monoisotopic (exact) mass is 378 g/mol. The van der Waals surface area contributed by atoms with E-state index >= 15 is 0 Å². The van der Waals surface area contributed by atoms with Gasteiger partial charge in [-0.1, -0.05) is 78.9 Å². The number of hydrogen-bond donors (Lipinski definition) is 1. The van der Waals surface area contributed by atoms with Gasteiger partial charge in [-0.25, -0.2) is 9.78 Å². The summed E-state index contributed by atoms with van der Waals surface area (Å²) in [7, 11) is 0. The summed E-state index contributed by atoms with van der Waals surface area (Å²) in [6, 6.07) is 27.4. The van der Waals surface area contributed by atoms with E-state index in [-0.39, 0.29) is 0 Å². The zero-order valence-electron chi connectivity index (χ0n) is 17.3. The molecular formula is C25H30O3. The van der Waals surface area contributed by atoms with Crippen molar-refractivity contribution in [3.8, 4) is 5.75 Å². The summed E-state index contributed by atoms with van der Waals surface area (Å²) in [5.41, 5.74) is 2.11. The molecule has 0 fully saturated rings. The second kappa shape index (κ2) is 9.54. The predicted octanol–water partition coefficient (Wildman–Crippen LogP) is 6.51. The van der Waals surface area contributed by atoms with Gasteiger partial charge in [0, 0.05) is 0 Å². The number of phenols is 1. The van der Waals surface area contributed by atoms with Gasteiger partial charge in [0.05, 0.1) is 0 Å². The van der Waals surface area contributed by atoms with Crippen LogP contribution in [-0.2, 0) is 21.0 Å². The van der Waals surface area contributed by atoms with Crippen LogP contribution in [-0.4, -0.2) is 5.11 Å². The van der Waals surface area contributed by atoms with Crippen molar-refractivity contribution in [2.24, 2.45) is 0 Å². The van der Waals surface area contributed by atoms with Crippen LogP contribution >= 0.6 is 0 Å². The average Bonchev–Trinajstić information content (AvgIpc) is 2.71. The molecule has 3 aromatic carbocycles. The third-order valence-corrected chi connectivity index (χ3v) is 4.51. The fourth-order valence-electron chi connectivity index (χ4n) is 2.55. The molecular weight excluding hydrogens is 348 g/mol. The standard InChI is InChI=1S/C18H22O2.C7H8O/c1-17(2,15-11-7-5-8-12-15)19-20-18(3,4)16-13-9-6-10-14-16;1-6-4-2-3-5-7(6)8/h5-14H,1-4H3;2-5,8H,1H3. The fraction of sp³-hybridized carbons (Fsp3) is 0.280. The summed E-state index contributed by atoms with van der Waals surface area (Å²) in [6.07, 6.45) is 0. The van der Waals surface area contributed by atoms with Crippen LogP contribution in [0.1, 0.15) is 44.4 Å². The highest BCUT2D eigenvalue weighted by molar-refractivity contribution is 5.29. The molecule has 0 aliphatic rings. The lowest BCUT2D eigenvalue weighted by Gasteiger charge is -2.31. The first kappa shape index (κ1) is 21.7. The summed E-state index contributed by atoms with van der Waals surface area (Å²) in [5, 5.41) is 8.92. The van der Waals surface area contributed by atoms with E-state index in [4.69, 9.17) is 14.9 Å². The Morgan fingerprint density at radius 3 is 1.25 bits per heavy atom. The summed E-state index contributed by atoms with van der Waals surface area (Å²) >= 11 is 0. The van der Waals surface area contributed by atoms with E-state index in [0.29, 0.717) is 5.75 Å². The Hall–Kier alpha value is -2.62. The van der Waals surface area contributed by atoms with Gasteiger partial charge in [0.25, 0.3) is 0 Å². The van der Waals surface area contributed by atoms with Crippen LogP contribution in [0.2, 0.25) is 0 Å². The molecule has 0 atom stereocenters. The minimum atomic E-state index is -0.493. The van der Waals surface area contributed by atoms with Crippen molar-refractivity contribution in [1.82, 2.24) is 0 Å². The maximum absolute atomic E-state index is 8.92. The Morgan fingerprint density at radius 2 is 0.929 bits per heavy atom. The topological polar surface area (TPSA) is 38.7 Å². The Kier molecular flexibility index (Phi) is 7.38. The van der Waals surface area contributed by atoms with Crippen LogP contribution in [0.15, 0.2) is 84.9 Å². The van der Waals surface area contributed by atoms with Crippen molar-refractivity contribution in [3.63, 3.8) is 0 Å². The first-order valence-corrected chi connectivity index (χ1v) is 9.45. The molecule has 0 saturated heterocycles. The lowest BCUT2D eigenvalue weighted by atomic mass is 9.98. The zero-order valence-corrected chi connectivity index (χ0v) is 17.3. The quantitative estimate of drug-likeness (QED) is 0.406. The van der Waals surface area contributed by atoms with E-state index in [1.807, 2.05) is 113 Å². The first-order valence-electron chi connectivity index (χ1n) is 9.45. The molecule has 0 spiro atoms. The lowest BCUT2D eigenvalue weighted by molar-refractivity contribution is -0.410. The zero-order chi connectivity index (χ0) is 20.6. The van der Waals surface area contributed by atoms with E-state index in [1.54, 1.807) is 6.07 Å². The van der Waals surface area contributed by atoms with Gasteiger partial charge in [-0.05, 0) is 57.4 Å². The summed E-state index contributed by atoms with van der Waals surface area (Å²) in [5.74, 6) is 0.368. The molecule has 0 aliphatic heterocycles. The molecule has 0 radical (unpaired) electrons. The van der Waals surface area contributed by atoms with E-state index < -0.39 is 11.2 Å². The molecule has 0 unspecified atom stereocenters. The SMILES string of the molecule is CC(C)(OOC(C)(C)c1ccccc1)c1ccccc1.Cc1ccccc1O. The number of phenolic OH excluding ortho intramolecular Hbond substituents is 1.